The lowest BCUT2D eigenvalue weighted by Crippen LogP contribution is -2.52. The Hall–Kier alpha value is -0.710. The Bertz CT molecular complexity index is 441. The molecule has 1 aromatic rings. The van der Waals surface area contributed by atoms with Crippen LogP contribution in [0.15, 0.2) is 24.3 Å². The highest BCUT2D eigenvalue weighted by Crippen LogP contribution is 2.27. The molecule has 0 saturated carbocycles. The van der Waals surface area contributed by atoms with Gasteiger partial charge in [-0.15, -0.1) is 0 Å². The molecule has 0 radical (unpaired) electrons. The number of carbonyl (C=O) groups excluding carboxylic acids is 1. The van der Waals surface area contributed by atoms with E-state index in [4.69, 9.17) is 17.3 Å². The van der Waals surface area contributed by atoms with Crippen LogP contribution in [0.5, 0.6) is 0 Å². The number of carbonyl (C=O) groups is 1. The van der Waals surface area contributed by atoms with E-state index >= 15 is 0 Å². The fourth-order valence-electron chi connectivity index (χ4n) is 1.81. The minimum absolute atomic E-state index is 0.307. The Balaban J connectivity index is 2.55. The predicted octanol–water partition coefficient (Wildman–Crippen LogP) is 2.82. The monoisotopic (exact) mass is 300 g/mol. The van der Waals surface area contributed by atoms with Crippen LogP contribution >= 0.6 is 23.4 Å². The van der Waals surface area contributed by atoms with Crippen molar-refractivity contribution in [2.75, 3.05) is 7.05 Å². The molecule has 2 atom stereocenters. The standard InChI is InChI=1S/C14H21ClN2OS/c1-10(8-14(2,17-3)13(16)18)19-9-11-6-4-5-7-12(11)15/h4-7,10,17H,8-9H2,1-3H3,(H2,16,18). The van der Waals surface area contributed by atoms with Gasteiger partial charge in [-0.2, -0.15) is 11.8 Å². The van der Waals surface area contributed by atoms with Crippen LogP contribution in [0.25, 0.3) is 0 Å². The quantitative estimate of drug-likeness (QED) is 0.814. The highest BCUT2D eigenvalue weighted by molar-refractivity contribution is 7.99. The molecule has 106 valence electrons. The van der Waals surface area contributed by atoms with Gasteiger partial charge < -0.3 is 11.1 Å². The molecule has 0 bridgehead atoms. The fourth-order valence-corrected chi connectivity index (χ4v) is 3.26. The van der Waals surface area contributed by atoms with Gasteiger partial charge in [0.2, 0.25) is 5.91 Å². The third-order valence-corrected chi connectivity index (χ3v) is 4.85. The first kappa shape index (κ1) is 16.3. The lowest BCUT2D eigenvalue weighted by Gasteiger charge is -2.28. The SMILES string of the molecule is CNC(C)(CC(C)SCc1ccccc1Cl)C(N)=O. The van der Waals surface area contributed by atoms with Gasteiger partial charge in [0.15, 0.2) is 0 Å². The van der Waals surface area contributed by atoms with Crippen LogP contribution in [0.3, 0.4) is 0 Å². The molecule has 3 N–H and O–H groups in total. The molecule has 1 aromatic carbocycles. The number of hydrogen-bond donors (Lipinski definition) is 2. The molecular formula is C14H21ClN2OS. The third-order valence-electron chi connectivity index (χ3n) is 3.27. The van der Waals surface area contributed by atoms with Crippen molar-refractivity contribution in [2.45, 2.75) is 36.8 Å². The van der Waals surface area contributed by atoms with E-state index in [1.807, 2.05) is 31.2 Å². The Morgan fingerprint density at radius 3 is 2.68 bits per heavy atom. The van der Waals surface area contributed by atoms with Crippen LogP contribution in [0, 0.1) is 0 Å². The number of nitrogens with one attached hydrogen (secondary N) is 1. The van der Waals surface area contributed by atoms with Gasteiger partial charge in [0, 0.05) is 16.0 Å². The summed E-state index contributed by atoms with van der Waals surface area (Å²) < 4.78 is 0. The number of hydrogen-bond acceptors (Lipinski definition) is 3. The van der Waals surface area contributed by atoms with Gasteiger partial charge in [0.05, 0.1) is 5.54 Å². The smallest absolute Gasteiger partial charge is 0.237 e. The largest absolute Gasteiger partial charge is 0.368 e. The summed E-state index contributed by atoms with van der Waals surface area (Å²) in [5, 5.41) is 4.10. The summed E-state index contributed by atoms with van der Waals surface area (Å²) >= 11 is 7.89. The van der Waals surface area contributed by atoms with E-state index in [-0.39, 0.29) is 5.91 Å². The zero-order valence-electron chi connectivity index (χ0n) is 11.6. The lowest BCUT2D eigenvalue weighted by molar-refractivity contribution is -0.123. The molecule has 1 amide bonds. The maximum Gasteiger partial charge on any atom is 0.237 e. The van der Waals surface area contributed by atoms with E-state index in [2.05, 4.69) is 12.2 Å². The van der Waals surface area contributed by atoms with Crippen molar-refractivity contribution in [3.8, 4) is 0 Å². The summed E-state index contributed by atoms with van der Waals surface area (Å²) in [5.41, 5.74) is 5.89. The van der Waals surface area contributed by atoms with Crippen molar-refractivity contribution in [1.29, 1.82) is 0 Å². The first-order valence-electron chi connectivity index (χ1n) is 6.23. The average molecular weight is 301 g/mol. The number of thioether (sulfide) groups is 1. The highest BCUT2D eigenvalue weighted by Gasteiger charge is 2.30. The minimum atomic E-state index is -0.660. The molecule has 1 rings (SSSR count). The van der Waals surface area contributed by atoms with E-state index in [0.29, 0.717) is 11.7 Å². The second-order valence-corrected chi connectivity index (χ2v) is 6.70. The van der Waals surface area contributed by atoms with Crippen LogP contribution in [0.2, 0.25) is 5.02 Å². The van der Waals surface area contributed by atoms with Gasteiger partial charge in [-0.3, -0.25) is 4.79 Å². The molecule has 0 fully saturated rings. The molecule has 0 aliphatic heterocycles. The van der Waals surface area contributed by atoms with Gasteiger partial charge in [0.1, 0.15) is 0 Å². The molecule has 0 spiro atoms. The first-order valence-corrected chi connectivity index (χ1v) is 7.65. The summed E-state index contributed by atoms with van der Waals surface area (Å²) in [5.74, 6) is 0.513. The maximum absolute atomic E-state index is 11.4. The number of amides is 1. The Morgan fingerprint density at radius 2 is 2.16 bits per heavy atom. The number of likely N-dealkylation sites (N-methyl/N-ethyl adjacent to an activating group) is 1. The zero-order valence-corrected chi connectivity index (χ0v) is 13.1. The van der Waals surface area contributed by atoms with Crippen molar-refractivity contribution < 1.29 is 4.79 Å². The van der Waals surface area contributed by atoms with Crippen molar-refractivity contribution in [3.63, 3.8) is 0 Å². The van der Waals surface area contributed by atoms with Crippen LogP contribution in [-0.2, 0) is 10.5 Å². The van der Waals surface area contributed by atoms with Gasteiger partial charge >= 0.3 is 0 Å². The van der Waals surface area contributed by atoms with Gasteiger partial charge in [0.25, 0.3) is 0 Å². The van der Waals surface area contributed by atoms with E-state index in [9.17, 15) is 4.79 Å². The van der Waals surface area contributed by atoms with Gasteiger partial charge in [-0.25, -0.2) is 0 Å². The molecule has 5 heteroatoms. The number of rotatable bonds is 7. The number of halogens is 1. The normalized spacial score (nSPS) is 15.8. The van der Waals surface area contributed by atoms with E-state index in [0.717, 1.165) is 16.3 Å². The van der Waals surface area contributed by atoms with Crippen molar-refractivity contribution in [1.82, 2.24) is 5.32 Å². The van der Waals surface area contributed by atoms with Crippen LogP contribution in [0.4, 0.5) is 0 Å². The molecular weight excluding hydrogens is 280 g/mol. The Kier molecular flexibility index (Phi) is 6.17. The Labute approximate surface area is 124 Å². The maximum atomic E-state index is 11.4. The zero-order chi connectivity index (χ0) is 14.5. The topological polar surface area (TPSA) is 55.1 Å². The molecule has 0 aliphatic rings. The molecule has 0 heterocycles. The van der Waals surface area contributed by atoms with Gasteiger partial charge in [-0.1, -0.05) is 36.7 Å². The van der Waals surface area contributed by atoms with Crippen molar-refractivity contribution in [3.05, 3.63) is 34.9 Å². The summed E-state index contributed by atoms with van der Waals surface area (Å²) in [6, 6.07) is 7.81. The first-order chi connectivity index (χ1) is 8.89. The Morgan fingerprint density at radius 1 is 1.53 bits per heavy atom. The summed E-state index contributed by atoms with van der Waals surface area (Å²) in [4.78, 5) is 11.4. The molecule has 0 aliphatic carbocycles. The highest BCUT2D eigenvalue weighted by atomic mass is 35.5. The number of benzene rings is 1. The van der Waals surface area contributed by atoms with E-state index < -0.39 is 5.54 Å². The fraction of sp³-hybridized carbons (Fsp3) is 0.500. The molecule has 19 heavy (non-hydrogen) atoms. The summed E-state index contributed by atoms with van der Waals surface area (Å²) in [7, 11) is 1.76. The van der Waals surface area contributed by atoms with Crippen LogP contribution in [-0.4, -0.2) is 23.7 Å². The summed E-state index contributed by atoms with van der Waals surface area (Å²) in [6.07, 6.45) is 0.688. The van der Waals surface area contributed by atoms with Crippen molar-refractivity contribution in [2.24, 2.45) is 5.73 Å². The molecule has 2 unspecified atom stereocenters. The van der Waals surface area contributed by atoms with Crippen molar-refractivity contribution >= 4 is 29.3 Å². The number of nitrogens with two attached hydrogens (primary N) is 1. The summed E-state index contributed by atoms with van der Waals surface area (Å²) in [6.45, 7) is 3.93. The second-order valence-electron chi connectivity index (χ2n) is 4.86. The average Bonchev–Trinajstić information content (AvgIpc) is 2.37. The van der Waals surface area contributed by atoms with Crippen LogP contribution in [0.1, 0.15) is 25.8 Å². The molecule has 3 nitrogen and oxygen atoms in total. The van der Waals surface area contributed by atoms with Crippen LogP contribution < -0.4 is 11.1 Å². The van der Waals surface area contributed by atoms with E-state index in [1.165, 1.54) is 0 Å². The molecule has 0 saturated heterocycles. The lowest BCUT2D eigenvalue weighted by atomic mass is 9.95. The predicted molar refractivity (Wildman–Crippen MR) is 83.5 cm³/mol. The third kappa shape index (κ3) is 4.71. The van der Waals surface area contributed by atoms with E-state index in [1.54, 1.807) is 18.8 Å². The second kappa shape index (κ2) is 7.17. The van der Waals surface area contributed by atoms with Gasteiger partial charge in [-0.05, 0) is 32.0 Å². The number of primary amides is 1. The minimum Gasteiger partial charge on any atom is -0.368 e. The molecule has 0 aromatic heterocycles.